The van der Waals surface area contributed by atoms with Crippen LogP contribution in [0.25, 0.3) is 0 Å². The second-order valence-corrected chi connectivity index (χ2v) is 4.28. The number of anilines is 1. The van der Waals surface area contributed by atoms with Crippen molar-refractivity contribution in [1.82, 2.24) is 9.97 Å². The zero-order valence-electron chi connectivity index (χ0n) is 10.2. The fourth-order valence-electron chi connectivity index (χ4n) is 1.71. The van der Waals surface area contributed by atoms with E-state index in [2.05, 4.69) is 15.3 Å². The molecule has 2 heterocycles. The molecule has 0 saturated carbocycles. The Morgan fingerprint density at radius 3 is 2.56 bits per heavy atom. The van der Waals surface area contributed by atoms with E-state index in [-0.39, 0.29) is 11.1 Å². The number of aromatic nitrogens is 2. The molecule has 0 radical (unpaired) electrons. The lowest BCUT2D eigenvalue weighted by Crippen LogP contribution is -2.14. The molecular formula is C12H12ClN3O2. The molecule has 5 nitrogen and oxygen atoms in total. The molecule has 0 atom stereocenters. The van der Waals surface area contributed by atoms with Crippen LogP contribution in [0, 0.1) is 20.8 Å². The number of nitrogens with one attached hydrogen (secondary N) is 1. The third-order valence-corrected chi connectivity index (χ3v) is 2.87. The lowest BCUT2D eigenvalue weighted by Gasteiger charge is -2.04. The molecule has 0 unspecified atom stereocenters. The van der Waals surface area contributed by atoms with Gasteiger partial charge in [-0.2, -0.15) is 0 Å². The highest BCUT2D eigenvalue weighted by Crippen LogP contribution is 2.21. The minimum atomic E-state index is -0.267. The second kappa shape index (κ2) is 4.78. The number of hydrogen-bond donors (Lipinski definition) is 1. The lowest BCUT2D eigenvalue weighted by atomic mass is 10.1. The fraction of sp³-hybridized carbons (Fsp3) is 0.250. The van der Waals surface area contributed by atoms with Crippen molar-refractivity contribution >= 4 is 23.3 Å². The van der Waals surface area contributed by atoms with Gasteiger partial charge in [0.05, 0.1) is 5.56 Å². The van der Waals surface area contributed by atoms with Gasteiger partial charge in [-0.25, -0.2) is 9.97 Å². The molecule has 0 saturated heterocycles. The Morgan fingerprint density at radius 2 is 2.00 bits per heavy atom. The number of nitrogens with zero attached hydrogens (tertiary/aromatic N) is 2. The summed E-state index contributed by atoms with van der Waals surface area (Å²) in [7, 11) is 0. The molecular weight excluding hydrogens is 254 g/mol. The third-order valence-electron chi connectivity index (χ3n) is 2.66. The summed E-state index contributed by atoms with van der Waals surface area (Å²) in [6.45, 7) is 5.41. The Bertz CT molecular complexity index is 607. The number of carbonyl (C=O) groups excluding carboxylic acids is 1. The maximum absolute atomic E-state index is 12.1. The second-order valence-electron chi connectivity index (χ2n) is 3.89. The van der Waals surface area contributed by atoms with E-state index in [0.717, 1.165) is 11.3 Å². The van der Waals surface area contributed by atoms with Crippen LogP contribution in [-0.2, 0) is 0 Å². The summed E-state index contributed by atoms with van der Waals surface area (Å²) in [6, 6.07) is 1.48. The smallest absolute Gasteiger partial charge is 0.260 e. The molecule has 1 N–H and O–H groups in total. The Morgan fingerprint density at radius 1 is 1.28 bits per heavy atom. The van der Waals surface area contributed by atoms with Gasteiger partial charge >= 0.3 is 0 Å². The Balaban J connectivity index is 2.27. The molecule has 0 aliphatic heterocycles. The molecule has 6 heteroatoms. The van der Waals surface area contributed by atoms with Gasteiger partial charge in [-0.05, 0) is 20.8 Å². The standard InChI is InChI=1S/C12H12ClN3O2/c1-6-7(2)18-8(3)11(6)12(17)16-10-4-9(13)14-5-15-10/h4-5H,1-3H3,(H,14,15,16,17). The van der Waals surface area contributed by atoms with Crippen LogP contribution in [0.5, 0.6) is 0 Å². The summed E-state index contributed by atoms with van der Waals surface area (Å²) in [5.41, 5.74) is 1.35. The van der Waals surface area contributed by atoms with Crippen LogP contribution in [0.2, 0.25) is 5.15 Å². The lowest BCUT2D eigenvalue weighted by molar-refractivity contribution is 0.102. The van der Waals surface area contributed by atoms with Crippen molar-refractivity contribution in [2.45, 2.75) is 20.8 Å². The van der Waals surface area contributed by atoms with Gasteiger partial charge in [0.25, 0.3) is 5.91 Å². The Kier molecular flexibility index (Phi) is 3.34. The van der Waals surface area contributed by atoms with E-state index < -0.39 is 0 Å². The maximum Gasteiger partial charge on any atom is 0.260 e. The largest absolute Gasteiger partial charge is 0.466 e. The number of furan rings is 1. The van der Waals surface area contributed by atoms with Crippen molar-refractivity contribution in [3.8, 4) is 0 Å². The van der Waals surface area contributed by atoms with Crippen molar-refractivity contribution in [2.24, 2.45) is 0 Å². The van der Waals surface area contributed by atoms with Gasteiger partial charge in [0.15, 0.2) is 0 Å². The van der Waals surface area contributed by atoms with E-state index in [1.165, 1.54) is 12.4 Å². The minimum Gasteiger partial charge on any atom is -0.466 e. The van der Waals surface area contributed by atoms with Gasteiger partial charge in [0.1, 0.15) is 28.8 Å². The quantitative estimate of drug-likeness (QED) is 0.848. The zero-order valence-corrected chi connectivity index (χ0v) is 11.0. The summed E-state index contributed by atoms with van der Waals surface area (Å²) in [4.78, 5) is 19.8. The predicted octanol–water partition coefficient (Wildman–Crippen LogP) is 2.90. The third kappa shape index (κ3) is 2.36. The minimum absolute atomic E-state index is 0.267. The molecule has 94 valence electrons. The van der Waals surface area contributed by atoms with Crippen molar-refractivity contribution < 1.29 is 9.21 Å². The van der Waals surface area contributed by atoms with Crippen LogP contribution in [0.3, 0.4) is 0 Å². The highest BCUT2D eigenvalue weighted by molar-refractivity contribution is 6.29. The number of hydrogen-bond acceptors (Lipinski definition) is 4. The van der Waals surface area contributed by atoms with Crippen molar-refractivity contribution in [1.29, 1.82) is 0 Å². The first kappa shape index (κ1) is 12.6. The van der Waals surface area contributed by atoms with E-state index in [0.29, 0.717) is 17.1 Å². The first-order valence-corrected chi connectivity index (χ1v) is 5.72. The van der Waals surface area contributed by atoms with Crippen molar-refractivity contribution in [2.75, 3.05) is 5.32 Å². The molecule has 0 aliphatic carbocycles. The molecule has 2 aromatic rings. The van der Waals surface area contributed by atoms with Crippen LogP contribution in [0.1, 0.15) is 27.4 Å². The average Bonchev–Trinajstić information content (AvgIpc) is 2.53. The first-order chi connectivity index (χ1) is 8.49. The maximum atomic E-state index is 12.1. The molecule has 1 amide bonds. The van der Waals surface area contributed by atoms with Gasteiger partial charge in [-0.15, -0.1) is 0 Å². The monoisotopic (exact) mass is 265 g/mol. The van der Waals surface area contributed by atoms with Crippen LogP contribution in [-0.4, -0.2) is 15.9 Å². The van der Waals surface area contributed by atoms with E-state index in [1.807, 2.05) is 13.8 Å². The van der Waals surface area contributed by atoms with E-state index in [1.54, 1.807) is 6.92 Å². The summed E-state index contributed by atoms with van der Waals surface area (Å²) < 4.78 is 5.41. The predicted molar refractivity (Wildman–Crippen MR) is 67.9 cm³/mol. The molecule has 2 rings (SSSR count). The highest BCUT2D eigenvalue weighted by Gasteiger charge is 2.18. The number of rotatable bonds is 2. The van der Waals surface area contributed by atoms with E-state index in [4.69, 9.17) is 16.0 Å². The molecule has 0 fully saturated rings. The van der Waals surface area contributed by atoms with Crippen molar-refractivity contribution in [3.05, 3.63) is 40.2 Å². The van der Waals surface area contributed by atoms with E-state index >= 15 is 0 Å². The van der Waals surface area contributed by atoms with Gasteiger partial charge in [0, 0.05) is 11.6 Å². The molecule has 2 aromatic heterocycles. The highest BCUT2D eigenvalue weighted by atomic mass is 35.5. The topological polar surface area (TPSA) is 68.0 Å². The number of aryl methyl sites for hydroxylation is 2. The summed E-state index contributed by atoms with van der Waals surface area (Å²) in [5.74, 6) is 1.41. The molecule has 0 spiro atoms. The summed E-state index contributed by atoms with van der Waals surface area (Å²) in [5, 5.41) is 2.93. The van der Waals surface area contributed by atoms with Crippen molar-refractivity contribution in [3.63, 3.8) is 0 Å². The van der Waals surface area contributed by atoms with Crippen LogP contribution >= 0.6 is 11.6 Å². The normalized spacial score (nSPS) is 10.4. The number of amides is 1. The van der Waals surface area contributed by atoms with Gasteiger partial charge in [0.2, 0.25) is 0 Å². The summed E-state index contributed by atoms with van der Waals surface area (Å²) >= 11 is 5.72. The van der Waals surface area contributed by atoms with Crippen LogP contribution < -0.4 is 5.32 Å². The molecule has 0 aliphatic rings. The summed E-state index contributed by atoms with van der Waals surface area (Å²) in [6.07, 6.45) is 1.29. The molecule has 0 aromatic carbocycles. The zero-order chi connectivity index (χ0) is 13.3. The number of carbonyl (C=O) groups is 1. The van der Waals surface area contributed by atoms with Gasteiger partial charge in [-0.1, -0.05) is 11.6 Å². The fourth-order valence-corrected chi connectivity index (χ4v) is 1.86. The SMILES string of the molecule is Cc1oc(C)c(C(=O)Nc2cc(Cl)ncn2)c1C. The molecule has 18 heavy (non-hydrogen) atoms. The van der Waals surface area contributed by atoms with Gasteiger partial charge < -0.3 is 9.73 Å². The van der Waals surface area contributed by atoms with Crippen LogP contribution in [0.15, 0.2) is 16.8 Å². The Labute approximate surface area is 109 Å². The van der Waals surface area contributed by atoms with Crippen LogP contribution in [0.4, 0.5) is 5.82 Å². The molecule has 0 bridgehead atoms. The average molecular weight is 266 g/mol. The first-order valence-electron chi connectivity index (χ1n) is 5.34. The van der Waals surface area contributed by atoms with E-state index in [9.17, 15) is 4.79 Å². The van der Waals surface area contributed by atoms with Gasteiger partial charge in [-0.3, -0.25) is 4.79 Å². The Hall–Kier alpha value is -1.88. The number of halogens is 1.